The minimum atomic E-state index is -4.24. The molecule has 1 N–H and O–H groups in total. The van der Waals surface area contributed by atoms with Crippen molar-refractivity contribution in [3.8, 4) is 5.75 Å². The quantitative estimate of drug-likeness (QED) is 0.410. The average Bonchev–Trinajstić information content (AvgIpc) is 2.64. The van der Waals surface area contributed by atoms with Gasteiger partial charge >= 0.3 is 10.1 Å². The molecule has 1 heterocycles. The second kappa shape index (κ2) is 6.37. The van der Waals surface area contributed by atoms with Gasteiger partial charge in [0.25, 0.3) is 0 Å². The van der Waals surface area contributed by atoms with E-state index in [9.17, 15) is 17.6 Å². The number of hydrogen-bond acceptors (Lipinski definition) is 4. The van der Waals surface area contributed by atoms with Crippen LogP contribution in [0.25, 0.3) is 21.8 Å². The second-order valence-electron chi connectivity index (χ2n) is 5.82. The molecule has 0 spiro atoms. The summed E-state index contributed by atoms with van der Waals surface area (Å²) in [5.41, 5.74) is 0.984. The Morgan fingerprint density at radius 3 is 2.44 bits per heavy atom. The van der Waals surface area contributed by atoms with Gasteiger partial charge in [-0.3, -0.25) is 4.79 Å². The maximum Gasteiger partial charge on any atom is 0.339 e. The average molecular weight is 404 g/mol. The van der Waals surface area contributed by atoms with Gasteiger partial charge in [0, 0.05) is 16.3 Å². The molecule has 0 saturated heterocycles. The van der Waals surface area contributed by atoms with Crippen LogP contribution >= 0.6 is 11.6 Å². The first kappa shape index (κ1) is 17.5. The first-order chi connectivity index (χ1) is 12.8. The van der Waals surface area contributed by atoms with Crippen molar-refractivity contribution in [1.82, 2.24) is 4.98 Å². The number of benzene rings is 3. The zero-order valence-electron chi connectivity index (χ0n) is 13.6. The molecule has 0 aliphatic rings. The van der Waals surface area contributed by atoms with Gasteiger partial charge in [-0.2, -0.15) is 8.42 Å². The Labute approximate surface area is 158 Å². The fraction of sp³-hybridized carbons (Fsp3) is 0. The molecule has 27 heavy (non-hydrogen) atoms. The van der Waals surface area contributed by atoms with E-state index in [-0.39, 0.29) is 21.1 Å². The maximum atomic E-state index is 13.3. The van der Waals surface area contributed by atoms with Crippen molar-refractivity contribution in [3.63, 3.8) is 0 Å². The Hall–Kier alpha value is -2.90. The zero-order chi connectivity index (χ0) is 19.2. The van der Waals surface area contributed by atoms with Gasteiger partial charge in [0.2, 0.25) is 0 Å². The van der Waals surface area contributed by atoms with E-state index in [1.165, 1.54) is 12.1 Å². The molecular weight excluding hydrogens is 393 g/mol. The Morgan fingerprint density at radius 1 is 0.926 bits per heavy atom. The van der Waals surface area contributed by atoms with Crippen LogP contribution in [0.15, 0.2) is 70.4 Å². The van der Waals surface area contributed by atoms with Crippen LogP contribution in [-0.4, -0.2) is 13.4 Å². The molecule has 0 fully saturated rings. The van der Waals surface area contributed by atoms with E-state index < -0.39 is 15.9 Å². The normalized spacial score (nSPS) is 11.8. The summed E-state index contributed by atoms with van der Waals surface area (Å²) in [6.45, 7) is 0. The highest BCUT2D eigenvalue weighted by Crippen LogP contribution is 2.25. The topological polar surface area (TPSA) is 76.2 Å². The third-order valence-corrected chi connectivity index (χ3v) is 5.60. The van der Waals surface area contributed by atoms with Gasteiger partial charge in [0.1, 0.15) is 16.5 Å². The molecule has 0 amide bonds. The summed E-state index contributed by atoms with van der Waals surface area (Å²) >= 11 is 5.64. The first-order valence-corrected chi connectivity index (χ1v) is 9.58. The number of halogens is 2. The molecule has 0 saturated carbocycles. The molecule has 0 bridgehead atoms. The van der Waals surface area contributed by atoms with Crippen molar-refractivity contribution in [3.05, 3.63) is 81.7 Å². The predicted molar refractivity (Wildman–Crippen MR) is 101 cm³/mol. The van der Waals surface area contributed by atoms with E-state index in [1.807, 2.05) is 6.07 Å². The monoisotopic (exact) mass is 403 g/mol. The van der Waals surface area contributed by atoms with Crippen LogP contribution in [0.2, 0.25) is 5.02 Å². The number of fused-ring (bicyclic) bond motifs is 2. The van der Waals surface area contributed by atoms with Gasteiger partial charge in [0.05, 0.1) is 10.5 Å². The van der Waals surface area contributed by atoms with E-state index >= 15 is 0 Å². The lowest BCUT2D eigenvalue weighted by atomic mass is 10.1. The van der Waals surface area contributed by atoms with Gasteiger partial charge in [-0.25, -0.2) is 4.39 Å². The van der Waals surface area contributed by atoms with Crippen molar-refractivity contribution >= 4 is 43.5 Å². The lowest BCUT2D eigenvalue weighted by Crippen LogP contribution is -2.11. The van der Waals surface area contributed by atoms with Crippen molar-refractivity contribution in [2.45, 2.75) is 4.90 Å². The highest BCUT2D eigenvalue weighted by molar-refractivity contribution is 7.87. The molecular formula is C19H11ClFNO4S. The van der Waals surface area contributed by atoms with E-state index in [1.54, 1.807) is 24.3 Å². The van der Waals surface area contributed by atoms with Crippen LogP contribution in [0.3, 0.4) is 0 Å². The molecule has 0 unspecified atom stereocenters. The summed E-state index contributed by atoms with van der Waals surface area (Å²) < 4.78 is 43.2. The summed E-state index contributed by atoms with van der Waals surface area (Å²) in [5, 5.41) is 0.440. The van der Waals surface area contributed by atoms with E-state index in [2.05, 4.69) is 4.98 Å². The van der Waals surface area contributed by atoms with Gasteiger partial charge in [-0.1, -0.05) is 23.7 Å². The number of para-hydroxylation sites is 1. The molecule has 0 atom stereocenters. The van der Waals surface area contributed by atoms with Crippen LogP contribution in [0.5, 0.6) is 5.75 Å². The maximum absolute atomic E-state index is 13.3. The Bertz CT molecular complexity index is 1370. The van der Waals surface area contributed by atoms with E-state index in [4.69, 9.17) is 15.8 Å². The molecule has 1 aromatic heterocycles. The molecule has 0 aliphatic heterocycles. The predicted octanol–water partition coefficient (Wildman–Crippen LogP) is 4.24. The van der Waals surface area contributed by atoms with Crippen molar-refractivity contribution in [1.29, 1.82) is 0 Å². The SMILES string of the molecule is O=c1c2ccccc2[nH]c2ccc(OS(=O)(=O)c3ccc(F)c(Cl)c3)cc12. The number of nitrogens with one attached hydrogen (secondary N) is 1. The van der Waals surface area contributed by atoms with Gasteiger partial charge in [-0.05, 0) is 48.5 Å². The molecule has 3 aromatic carbocycles. The fourth-order valence-corrected chi connectivity index (χ4v) is 3.95. The largest absolute Gasteiger partial charge is 0.379 e. The third kappa shape index (κ3) is 3.15. The first-order valence-electron chi connectivity index (χ1n) is 7.79. The lowest BCUT2D eigenvalue weighted by Gasteiger charge is -2.09. The minimum Gasteiger partial charge on any atom is -0.379 e. The Balaban J connectivity index is 1.80. The standard InChI is InChI=1S/C19H11ClFNO4S/c20-15-10-12(6-7-16(15)21)27(24,25)26-11-5-8-18-14(9-11)19(23)13-3-1-2-4-17(13)22-18/h1-10H,(H,22,23). The summed E-state index contributed by atoms with van der Waals surface area (Å²) in [6, 6.07) is 14.3. The highest BCUT2D eigenvalue weighted by Gasteiger charge is 2.19. The smallest absolute Gasteiger partial charge is 0.339 e. The molecule has 0 aliphatic carbocycles. The molecule has 4 aromatic rings. The molecule has 0 radical (unpaired) electrons. The van der Waals surface area contributed by atoms with Gasteiger partial charge in [0.15, 0.2) is 5.43 Å². The van der Waals surface area contributed by atoms with Gasteiger partial charge in [-0.15, -0.1) is 0 Å². The van der Waals surface area contributed by atoms with Crippen LogP contribution in [0.1, 0.15) is 0 Å². The Kier molecular flexibility index (Phi) is 4.13. The number of aromatic nitrogens is 1. The fourth-order valence-electron chi connectivity index (χ4n) is 2.76. The molecule has 136 valence electrons. The van der Waals surface area contributed by atoms with Crippen molar-refractivity contribution in [2.24, 2.45) is 0 Å². The summed E-state index contributed by atoms with van der Waals surface area (Å²) in [5.74, 6) is -0.775. The van der Waals surface area contributed by atoms with Crippen LogP contribution in [-0.2, 0) is 10.1 Å². The number of rotatable bonds is 3. The number of pyridine rings is 1. The summed E-state index contributed by atoms with van der Waals surface area (Å²) in [4.78, 5) is 15.5. The molecule has 4 rings (SSSR count). The second-order valence-corrected chi connectivity index (χ2v) is 7.77. The van der Waals surface area contributed by atoms with Crippen molar-refractivity contribution < 1.29 is 17.0 Å². The Morgan fingerprint density at radius 2 is 1.67 bits per heavy atom. The van der Waals surface area contributed by atoms with E-state index in [0.717, 1.165) is 18.2 Å². The molecule has 8 heteroatoms. The zero-order valence-corrected chi connectivity index (χ0v) is 15.1. The summed E-state index contributed by atoms with van der Waals surface area (Å²) in [6.07, 6.45) is 0. The van der Waals surface area contributed by atoms with Gasteiger partial charge < -0.3 is 9.17 Å². The number of H-pyrrole nitrogens is 1. The van der Waals surface area contributed by atoms with Crippen LogP contribution in [0, 0.1) is 5.82 Å². The highest BCUT2D eigenvalue weighted by atomic mass is 35.5. The summed E-state index contributed by atoms with van der Waals surface area (Å²) in [7, 11) is -4.24. The van der Waals surface area contributed by atoms with Crippen LogP contribution < -0.4 is 9.61 Å². The molecule has 5 nitrogen and oxygen atoms in total. The van der Waals surface area contributed by atoms with E-state index in [0.29, 0.717) is 21.8 Å². The number of aromatic amines is 1. The third-order valence-electron chi connectivity index (χ3n) is 4.06. The van der Waals surface area contributed by atoms with Crippen molar-refractivity contribution in [2.75, 3.05) is 0 Å². The lowest BCUT2D eigenvalue weighted by molar-refractivity contribution is 0.486. The minimum absolute atomic E-state index is 0.0382. The van der Waals surface area contributed by atoms with Crippen LogP contribution in [0.4, 0.5) is 4.39 Å². The number of hydrogen-bond donors (Lipinski definition) is 1.